The molecule has 0 aliphatic heterocycles. The first-order valence-electron chi connectivity index (χ1n) is 5.85. The first-order valence-corrected chi connectivity index (χ1v) is 5.85. The van der Waals surface area contributed by atoms with Gasteiger partial charge in [-0.05, 0) is 25.2 Å². The summed E-state index contributed by atoms with van der Waals surface area (Å²) >= 11 is 0. The molecule has 0 radical (unpaired) electrons. The van der Waals surface area contributed by atoms with E-state index < -0.39 is 0 Å². The second-order valence-corrected chi connectivity index (χ2v) is 4.37. The maximum absolute atomic E-state index is 11.9. The molecule has 1 aromatic heterocycles. The number of ketones is 1. The second-order valence-electron chi connectivity index (χ2n) is 4.37. The van der Waals surface area contributed by atoms with Crippen LogP contribution in [0, 0.1) is 5.92 Å². The van der Waals surface area contributed by atoms with Crippen LogP contribution in [0.1, 0.15) is 49.6 Å². The number of hydrogen-bond donors (Lipinski definition) is 0. The van der Waals surface area contributed by atoms with Gasteiger partial charge < -0.3 is 4.57 Å². The summed E-state index contributed by atoms with van der Waals surface area (Å²) in [6.07, 6.45) is 9.10. The lowest BCUT2D eigenvalue weighted by Crippen LogP contribution is -2.18. The van der Waals surface area contributed by atoms with Crippen molar-refractivity contribution in [2.24, 2.45) is 5.92 Å². The Morgan fingerprint density at radius 3 is 3.00 bits per heavy atom. The molecule has 0 aromatic carbocycles. The van der Waals surface area contributed by atoms with Gasteiger partial charge in [0.05, 0.1) is 0 Å². The quantitative estimate of drug-likeness (QED) is 0.694. The molecule has 3 nitrogen and oxygen atoms in total. The summed E-state index contributed by atoms with van der Waals surface area (Å²) < 4.78 is 1.97. The highest BCUT2D eigenvalue weighted by Gasteiger charge is 2.23. The van der Waals surface area contributed by atoms with Gasteiger partial charge in [0.15, 0.2) is 11.6 Å². The maximum atomic E-state index is 11.9. The number of rotatable bonds is 5. The molecule has 0 bridgehead atoms. The predicted molar refractivity (Wildman–Crippen MR) is 58.8 cm³/mol. The molecule has 0 spiro atoms. The average Bonchev–Trinajstić information content (AvgIpc) is 2.60. The minimum atomic E-state index is 0.221. The van der Waals surface area contributed by atoms with Crippen LogP contribution in [0.15, 0.2) is 12.4 Å². The Morgan fingerprint density at radius 2 is 2.40 bits per heavy atom. The van der Waals surface area contributed by atoms with Crippen molar-refractivity contribution >= 4 is 5.78 Å². The van der Waals surface area contributed by atoms with E-state index in [1.807, 2.05) is 10.8 Å². The highest BCUT2D eigenvalue weighted by molar-refractivity contribution is 5.93. The monoisotopic (exact) mass is 206 g/mol. The number of carbonyl (C=O) groups is 1. The summed E-state index contributed by atoms with van der Waals surface area (Å²) in [6.45, 7) is 3.01. The molecule has 0 atom stereocenters. The highest BCUT2D eigenvalue weighted by Crippen LogP contribution is 2.30. The van der Waals surface area contributed by atoms with Crippen molar-refractivity contribution in [3.05, 3.63) is 18.2 Å². The Bertz CT molecular complexity index is 339. The summed E-state index contributed by atoms with van der Waals surface area (Å²) in [5, 5.41) is 0. The van der Waals surface area contributed by atoms with Crippen LogP contribution in [0.3, 0.4) is 0 Å². The third-order valence-electron chi connectivity index (χ3n) is 3.13. The minimum absolute atomic E-state index is 0.221. The Balaban J connectivity index is 2.00. The van der Waals surface area contributed by atoms with Crippen molar-refractivity contribution in [1.82, 2.24) is 9.55 Å². The number of aromatic nitrogens is 2. The van der Waals surface area contributed by atoms with E-state index in [4.69, 9.17) is 0 Å². The van der Waals surface area contributed by atoms with E-state index in [0.29, 0.717) is 18.2 Å². The highest BCUT2D eigenvalue weighted by atomic mass is 16.1. The van der Waals surface area contributed by atoms with Gasteiger partial charge in [-0.2, -0.15) is 0 Å². The molecule has 0 N–H and O–H groups in total. The van der Waals surface area contributed by atoms with Gasteiger partial charge in [-0.3, -0.25) is 4.79 Å². The molecular weight excluding hydrogens is 188 g/mol. The van der Waals surface area contributed by atoms with Gasteiger partial charge in [0.2, 0.25) is 0 Å². The van der Waals surface area contributed by atoms with Crippen LogP contribution in [0.2, 0.25) is 0 Å². The molecular formula is C12H18N2O. The van der Waals surface area contributed by atoms with Crippen LogP contribution < -0.4 is 0 Å². The number of hydrogen-bond acceptors (Lipinski definition) is 2. The van der Waals surface area contributed by atoms with Crippen molar-refractivity contribution in [2.75, 3.05) is 0 Å². The number of Topliss-reactive ketones (excluding diaryl/α,β-unsaturated/α-hetero) is 1. The Morgan fingerprint density at radius 1 is 1.60 bits per heavy atom. The van der Waals surface area contributed by atoms with E-state index >= 15 is 0 Å². The molecule has 1 fully saturated rings. The van der Waals surface area contributed by atoms with Gasteiger partial charge in [0.25, 0.3) is 0 Å². The second kappa shape index (κ2) is 4.60. The van der Waals surface area contributed by atoms with Crippen LogP contribution in [-0.2, 0) is 6.54 Å². The zero-order chi connectivity index (χ0) is 10.7. The summed E-state index contributed by atoms with van der Waals surface area (Å²) in [5.41, 5.74) is 0. The summed E-state index contributed by atoms with van der Waals surface area (Å²) in [6, 6.07) is 0. The van der Waals surface area contributed by atoms with Crippen LogP contribution in [0.25, 0.3) is 0 Å². The van der Waals surface area contributed by atoms with E-state index in [1.54, 1.807) is 6.20 Å². The Kier molecular flexibility index (Phi) is 3.19. The first-order chi connectivity index (χ1) is 7.31. The van der Waals surface area contributed by atoms with Crippen molar-refractivity contribution in [3.8, 4) is 0 Å². The van der Waals surface area contributed by atoms with Gasteiger partial charge in [0.1, 0.15) is 0 Å². The van der Waals surface area contributed by atoms with Crippen LogP contribution in [-0.4, -0.2) is 15.3 Å². The topological polar surface area (TPSA) is 34.9 Å². The first kappa shape index (κ1) is 10.4. The van der Waals surface area contributed by atoms with Gasteiger partial charge in [-0.15, -0.1) is 0 Å². The number of aryl methyl sites for hydroxylation is 1. The van der Waals surface area contributed by atoms with Gasteiger partial charge in [-0.25, -0.2) is 4.98 Å². The van der Waals surface area contributed by atoms with Gasteiger partial charge in [-0.1, -0.05) is 13.3 Å². The zero-order valence-electron chi connectivity index (χ0n) is 9.28. The van der Waals surface area contributed by atoms with Crippen molar-refractivity contribution in [3.63, 3.8) is 0 Å². The van der Waals surface area contributed by atoms with E-state index in [9.17, 15) is 4.79 Å². The molecule has 1 aliphatic carbocycles. The summed E-state index contributed by atoms with van der Waals surface area (Å²) in [7, 11) is 0. The zero-order valence-corrected chi connectivity index (χ0v) is 9.28. The third-order valence-corrected chi connectivity index (χ3v) is 3.13. The molecule has 1 saturated carbocycles. The molecule has 82 valence electrons. The molecule has 3 heteroatoms. The SMILES string of the molecule is CCCn1ccnc1C(=O)CC1CCC1. The third kappa shape index (κ3) is 2.28. The van der Waals surface area contributed by atoms with Crippen LogP contribution >= 0.6 is 0 Å². The van der Waals surface area contributed by atoms with Crippen LogP contribution in [0.5, 0.6) is 0 Å². The molecule has 1 aromatic rings. The summed E-state index contributed by atoms with van der Waals surface area (Å²) in [4.78, 5) is 16.1. The standard InChI is InChI=1S/C12H18N2O/c1-2-7-14-8-6-13-12(14)11(15)9-10-4-3-5-10/h6,8,10H,2-5,7,9H2,1H3. The Labute approximate surface area is 90.5 Å². The maximum Gasteiger partial charge on any atom is 0.198 e. The molecule has 0 amide bonds. The van der Waals surface area contributed by atoms with E-state index in [-0.39, 0.29) is 5.78 Å². The van der Waals surface area contributed by atoms with Gasteiger partial charge >= 0.3 is 0 Å². The fourth-order valence-electron chi connectivity index (χ4n) is 2.03. The van der Waals surface area contributed by atoms with Crippen molar-refractivity contribution in [2.45, 2.75) is 45.6 Å². The number of nitrogens with zero attached hydrogens (tertiary/aromatic N) is 2. The molecule has 1 aliphatic rings. The van der Waals surface area contributed by atoms with Crippen molar-refractivity contribution in [1.29, 1.82) is 0 Å². The van der Waals surface area contributed by atoms with E-state index in [0.717, 1.165) is 13.0 Å². The minimum Gasteiger partial charge on any atom is -0.329 e. The molecule has 0 unspecified atom stereocenters. The normalized spacial score (nSPS) is 16.3. The average molecular weight is 206 g/mol. The Hall–Kier alpha value is -1.12. The van der Waals surface area contributed by atoms with Gasteiger partial charge in [0, 0.05) is 25.4 Å². The van der Waals surface area contributed by atoms with E-state index in [2.05, 4.69) is 11.9 Å². The van der Waals surface area contributed by atoms with Crippen molar-refractivity contribution < 1.29 is 4.79 Å². The molecule has 2 rings (SSSR count). The lowest BCUT2D eigenvalue weighted by Gasteiger charge is -2.24. The molecule has 0 saturated heterocycles. The fourth-order valence-corrected chi connectivity index (χ4v) is 2.03. The molecule has 1 heterocycles. The smallest absolute Gasteiger partial charge is 0.198 e. The van der Waals surface area contributed by atoms with Crippen LogP contribution in [0.4, 0.5) is 0 Å². The fraction of sp³-hybridized carbons (Fsp3) is 0.667. The summed E-state index contributed by atoms with van der Waals surface area (Å²) in [5.74, 6) is 1.51. The lowest BCUT2D eigenvalue weighted by molar-refractivity contribution is 0.0921. The largest absolute Gasteiger partial charge is 0.329 e. The number of imidazole rings is 1. The molecule has 15 heavy (non-hydrogen) atoms. The predicted octanol–water partition coefficient (Wildman–Crippen LogP) is 2.67. The lowest BCUT2D eigenvalue weighted by atomic mass is 9.82. The number of carbonyl (C=O) groups excluding carboxylic acids is 1. The van der Waals surface area contributed by atoms with E-state index in [1.165, 1.54) is 19.3 Å².